The molecule has 33 heavy (non-hydrogen) atoms. The number of carbonyl (C=O) groups is 1. The fourth-order valence-corrected chi connectivity index (χ4v) is 4.67. The molecule has 2 heterocycles. The molecule has 4 nitrogen and oxygen atoms in total. The van der Waals surface area contributed by atoms with E-state index in [0.29, 0.717) is 11.3 Å². The molecule has 0 saturated carbocycles. The van der Waals surface area contributed by atoms with Crippen LogP contribution >= 0.6 is 0 Å². The molecule has 0 aliphatic carbocycles. The van der Waals surface area contributed by atoms with Gasteiger partial charge in [0.2, 0.25) is 0 Å². The van der Waals surface area contributed by atoms with Gasteiger partial charge in [-0.25, -0.2) is 13.6 Å². The van der Waals surface area contributed by atoms with Gasteiger partial charge in [0, 0.05) is 23.6 Å². The summed E-state index contributed by atoms with van der Waals surface area (Å²) in [5.74, 6) is -1.36. The van der Waals surface area contributed by atoms with E-state index in [-0.39, 0.29) is 12.6 Å². The third-order valence-corrected chi connectivity index (χ3v) is 5.90. The van der Waals surface area contributed by atoms with E-state index in [2.05, 4.69) is 5.32 Å². The Balaban J connectivity index is 1.65. The van der Waals surface area contributed by atoms with Crippen molar-refractivity contribution in [3.63, 3.8) is 0 Å². The van der Waals surface area contributed by atoms with Gasteiger partial charge in [-0.1, -0.05) is 24.3 Å². The fourth-order valence-electron chi connectivity index (χ4n) is 4.67. The van der Waals surface area contributed by atoms with Gasteiger partial charge in [-0.2, -0.15) is 0 Å². The standard InChI is InChI=1S/C27H23F2N3O/c1-17-10-18(2)12-23(11-17)30-27(33)32-16-19-6-3-4-7-24(19)31-9-5-8-25(31)26(32)20-13-21(28)15-22(29)14-20/h3-15,26H,16H2,1-2H3,(H,30,33)/t26-/m0/s1. The first kappa shape index (κ1) is 20.9. The fraction of sp³-hybridized carbons (Fsp3) is 0.148. The molecule has 0 fully saturated rings. The summed E-state index contributed by atoms with van der Waals surface area (Å²) in [7, 11) is 0. The molecule has 1 aliphatic rings. The number of rotatable bonds is 2. The van der Waals surface area contributed by atoms with Crippen molar-refractivity contribution in [3.8, 4) is 5.69 Å². The summed E-state index contributed by atoms with van der Waals surface area (Å²) in [5.41, 5.74) is 5.73. The molecule has 166 valence electrons. The molecule has 0 bridgehead atoms. The van der Waals surface area contributed by atoms with Crippen molar-refractivity contribution in [3.05, 3.63) is 119 Å². The zero-order chi connectivity index (χ0) is 23.1. The van der Waals surface area contributed by atoms with Crippen LogP contribution in [0.5, 0.6) is 0 Å². The van der Waals surface area contributed by atoms with Crippen LogP contribution in [0, 0.1) is 25.5 Å². The number of aromatic nitrogens is 1. The van der Waals surface area contributed by atoms with Gasteiger partial charge in [0.05, 0.1) is 18.3 Å². The van der Waals surface area contributed by atoms with E-state index in [1.165, 1.54) is 12.1 Å². The number of fused-ring (bicyclic) bond motifs is 3. The maximum absolute atomic E-state index is 14.2. The lowest BCUT2D eigenvalue weighted by Crippen LogP contribution is -2.38. The number of halogens is 2. The molecule has 0 saturated heterocycles. The molecule has 3 aromatic carbocycles. The zero-order valence-corrected chi connectivity index (χ0v) is 18.3. The van der Waals surface area contributed by atoms with Crippen molar-refractivity contribution in [2.45, 2.75) is 26.4 Å². The number of benzene rings is 3. The van der Waals surface area contributed by atoms with E-state index in [1.54, 1.807) is 4.90 Å². The van der Waals surface area contributed by atoms with Crippen molar-refractivity contribution in [2.24, 2.45) is 0 Å². The smallest absolute Gasteiger partial charge is 0.318 e. The number of para-hydroxylation sites is 1. The highest BCUT2D eigenvalue weighted by Gasteiger charge is 2.33. The Kier molecular flexibility index (Phi) is 5.21. The highest BCUT2D eigenvalue weighted by Crippen LogP contribution is 2.37. The molecular weight excluding hydrogens is 420 g/mol. The van der Waals surface area contributed by atoms with Crippen molar-refractivity contribution in [1.29, 1.82) is 0 Å². The zero-order valence-electron chi connectivity index (χ0n) is 18.3. The molecule has 6 heteroatoms. The molecule has 2 amide bonds. The normalized spacial score (nSPS) is 14.9. The quantitative estimate of drug-likeness (QED) is 0.377. The minimum absolute atomic E-state index is 0.275. The van der Waals surface area contributed by atoms with E-state index in [4.69, 9.17) is 0 Å². The van der Waals surface area contributed by atoms with Crippen molar-refractivity contribution in [2.75, 3.05) is 5.32 Å². The van der Waals surface area contributed by atoms with Crippen molar-refractivity contribution >= 4 is 11.7 Å². The predicted molar refractivity (Wildman–Crippen MR) is 124 cm³/mol. The topological polar surface area (TPSA) is 37.3 Å². The third-order valence-electron chi connectivity index (χ3n) is 5.90. The van der Waals surface area contributed by atoms with E-state index >= 15 is 0 Å². The molecule has 1 N–H and O–H groups in total. The van der Waals surface area contributed by atoms with Crippen LogP contribution < -0.4 is 5.32 Å². The first-order valence-electron chi connectivity index (χ1n) is 10.8. The maximum Gasteiger partial charge on any atom is 0.322 e. The van der Waals surface area contributed by atoms with Gasteiger partial charge in [-0.15, -0.1) is 0 Å². The molecule has 0 radical (unpaired) electrons. The minimum atomic E-state index is -0.691. The Morgan fingerprint density at radius 3 is 2.33 bits per heavy atom. The van der Waals surface area contributed by atoms with Gasteiger partial charge in [0.25, 0.3) is 0 Å². The number of amides is 2. The lowest BCUT2D eigenvalue weighted by Gasteiger charge is -2.31. The highest BCUT2D eigenvalue weighted by molar-refractivity contribution is 5.90. The SMILES string of the molecule is Cc1cc(C)cc(NC(=O)N2Cc3ccccc3-n3cccc3[C@@H]2c2cc(F)cc(F)c2)c1. The van der Waals surface area contributed by atoms with E-state index in [0.717, 1.165) is 34.1 Å². The molecule has 1 atom stereocenters. The summed E-state index contributed by atoms with van der Waals surface area (Å²) in [6.45, 7) is 4.21. The number of aryl methyl sites for hydroxylation is 2. The van der Waals surface area contributed by atoms with E-state index < -0.39 is 17.7 Å². The number of nitrogens with zero attached hydrogens (tertiary/aromatic N) is 2. The van der Waals surface area contributed by atoms with E-state index in [1.807, 2.05) is 79.2 Å². The van der Waals surface area contributed by atoms with Gasteiger partial charge >= 0.3 is 6.03 Å². The van der Waals surface area contributed by atoms with Crippen LogP contribution in [0.1, 0.15) is 34.0 Å². The highest BCUT2D eigenvalue weighted by atomic mass is 19.1. The van der Waals surface area contributed by atoms with Gasteiger partial charge < -0.3 is 14.8 Å². The van der Waals surface area contributed by atoms with Crippen LogP contribution in [0.15, 0.2) is 79.0 Å². The number of hydrogen-bond acceptors (Lipinski definition) is 1. The van der Waals surface area contributed by atoms with Gasteiger partial charge in [-0.05, 0) is 78.6 Å². The molecule has 0 unspecified atom stereocenters. The Morgan fingerprint density at radius 1 is 0.909 bits per heavy atom. The maximum atomic E-state index is 14.2. The first-order chi connectivity index (χ1) is 15.9. The summed E-state index contributed by atoms with van der Waals surface area (Å²) in [6, 6.07) is 19.8. The second-order valence-electron chi connectivity index (χ2n) is 8.47. The number of anilines is 1. The van der Waals surface area contributed by atoms with Crippen LogP contribution in [0.4, 0.5) is 19.3 Å². The molecule has 1 aliphatic heterocycles. The molecule has 4 aromatic rings. The van der Waals surface area contributed by atoms with Crippen LogP contribution in [-0.2, 0) is 6.54 Å². The summed E-state index contributed by atoms with van der Waals surface area (Å²) < 4.78 is 30.5. The van der Waals surface area contributed by atoms with Crippen molar-refractivity contribution < 1.29 is 13.6 Å². The van der Waals surface area contributed by atoms with Gasteiger partial charge in [-0.3, -0.25) is 0 Å². The molecule has 5 rings (SSSR count). The minimum Gasteiger partial charge on any atom is -0.318 e. The molecular formula is C27H23F2N3O. The lowest BCUT2D eigenvalue weighted by atomic mass is 10.0. The largest absolute Gasteiger partial charge is 0.322 e. The molecule has 0 spiro atoms. The first-order valence-corrected chi connectivity index (χ1v) is 10.8. The monoisotopic (exact) mass is 443 g/mol. The number of carbonyl (C=O) groups excluding carboxylic acids is 1. The number of nitrogens with one attached hydrogen (secondary N) is 1. The van der Waals surface area contributed by atoms with Crippen LogP contribution in [0.3, 0.4) is 0 Å². The van der Waals surface area contributed by atoms with Gasteiger partial charge in [0.15, 0.2) is 0 Å². The average molecular weight is 443 g/mol. The van der Waals surface area contributed by atoms with Gasteiger partial charge in [0.1, 0.15) is 11.6 Å². The Bertz CT molecular complexity index is 1320. The number of hydrogen-bond donors (Lipinski definition) is 1. The number of urea groups is 1. The second kappa shape index (κ2) is 8.20. The van der Waals surface area contributed by atoms with Crippen LogP contribution in [0.25, 0.3) is 5.69 Å². The summed E-state index contributed by atoms with van der Waals surface area (Å²) in [6.07, 6.45) is 1.90. The summed E-state index contributed by atoms with van der Waals surface area (Å²) in [5, 5.41) is 2.99. The Morgan fingerprint density at radius 2 is 1.61 bits per heavy atom. The molecule has 1 aromatic heterocycles. The lowest BCUT2D eigenvalue weighted by molar-refractivity contribution is 0.194. The summed E-state index contributed by atoms with van der Waals surface area (Å²) >= 11 is 0. The predicted octanol–water partition coefficient (Wildman–Crippen LogP) is 6.51. The second-order valence-corrected chi connectivity index (χ2v) is 8.47. The summed E-state index contributed by atoms with van der Waals surface area (Å²) in [4.78, 5) is 15.3. The van der Waals surface area contributed by atoms with E-state index in [9.17, 15) is 13.6 Å². The average Bonchev–Trinajstić information content (AvgIpc) is 3.16. The van der Waals surface area contributed by atoms with Crippen LogP contribution in [0.2, 0.25) is 0 Å². The Labute approximate surface area is 191 Å². The Hall–Kier alpha value is -3.93. The third kappa shape index (κ3) is 4.00. The van der Waals surface area contributed by atoms with Crippen LogP contribution in [-0.4, -0.2) is 15.5 Å². The van der Waals surface area contributed by atoms with Crippen molar-refractivity contribution in [1.82, 2.24) is 9.47 Å².